The Balaban J connectivity index is 1.76. The lowest BCUT2D eigenvalue weighted by molar-refractivity contribution is -0.149. The predicted octanol–water partition coefficient (Wildman–Crippen LogP) is 3.11. The number of amides is 3. The van der Waals surface area contributed by atoms with Gasteiger partial charge in [-0.25, -0.2) is 8.78 Å². The Morgan fingerprint density at radius 2 is 1.39 bits per heavy atom. The number of benzene rings is 2. The summed E-state index contributed by atoms with van der Waals surface area (Å²) in [5.41, 5.74) is 0.444. The summed E-state index contributed by atoms with van der Waals surface area (Å²) < 4.78 is 28.0. The van der Waals surface area contributed by atoms with Gasteiger partial charge in [0.15, 0.2) is 5.78 Å². The minimum atomic E-state index is -1.61. The molecule has 0 bridgehead atoms. The van der Waals surface area contributed by atoms with E-state index >= 15 is 0 Å². The number of carboxylic acid groups (broad SMARTS) is 2. The van der Waals surface area contributed by atoms with Crippen LogP contribution in [0.25, 0.3) is 0 Å². The average molecular weight is 688 g/mol. The Kier molecular flexibility index (Phi) is 13.5. The topological polar surface area (TPSA) is 199 Å². The standard InChI is InChI=1S/C35H43F2N3O9/c1-17(2)30(33(45)38-26-13-22(34(46)47)12-23(14-26)35(48)49)40-29(42)16-28(41)27(10-19-8-24(36)15-25(37)9-19)39-32(44)21-7-5-6-20(11-21)31(43)18(3)4/h5-9,11,15,17-18,22-23,26-28,30,41H,10,12-14,16H2,1-4H3,(H,38,45)(H,39,44)(H,40,42)(H,46,47)(H,48,49)/t22?,23?,26?,27-,28+,30-/m0/s1. The van der Waals surface area contributed by atoms with E-state index in [0.717, 1.165) is 12.1 Å². The Bertz CT molecular complexity index is 1520. The smallest absolute Gasteiger partial charge is 0.306 e. The summed E-state index contributed by atoms with van der Waals surface area (Å²) in [6.07, 6.45) is -2.59. The van der Waals surface area contributed by atoms with Crippen molar-refractivity contribution in [2.24, 2.45) is 23.7 Å². The van der Waals surface area contributed by atoms with Crippen LogP contribution < -0.4 is 16.0 Å². The molecule has 1 saturated carbocycles. The summed E-state index contributed by atoms with van der Waals surface area (Å²) in [6.45, 7) is 6.69. The van der Waals surface area contributed by atoms with Gasteiger partial charge in [0.2, 0.25) is 11.8 Å². The molecule has 6 N–H and O–H groups in total. The monoisotopic (exact) mass is 687 g/mol. The van der Waals surface area contributed by atoms with Crippen LogP contribution in [-0.2, 0) is 25.6 Å². The van der Waals surface area contributed by atoms with E-state index in [1.807, 2.05) is 0 Å². The predicted molar refractivity (Wildman–Crippen MR) is 172 cm³/mol. The molecule has 0 radical (unpaired) electrons. The molecule has 1 fully saturated rings. The first kappa shape index (κ1) is 38.7. The highest BCUT2D eigenvalue weighted by molar-refractivity contribution is 6.01. The van der Waals surface area contributed by atoms with Crippen LogP contribution >= 0.6 is 0 Å². The normalized spacial score (nSPS) is 19.4. The van der Waals surface area contributed by atoms with Gasteiger partial charge < -0.3 is 31.3 Å². The Hall–Kier alpha value is -4.72. The Morgan fingerprint density at radius 3 is 1.92 bits per heavy atom. The van der Waals surface area contributed by atoms with Gasteiger partial charge in [-0.15, -0.1) is 0 Å². The minimum Gasteiger partial charge on any atom is -0.481 e. The summed E-state index contributed by atoms with van der Waals surface area (Å²) >= 11 is 0. The van der Waals surface area contributed by atoms with Crippen LogP contribution in [0.2, 0.25) is 0 Å². The minimum absolute atomic E-state index is 0.0128. The fourth-order valence-corrected chi connectivity index (χ4v) is 5.90. The van der Waals surface area contributed by atoms with Crippen molar-refractivity contribution in [3.05, 3.63) is 70.8 Å². The Labute approximate surface area is 282 Å². The number of aliphatic hydroxyl groups is 1. The molecule has 0 heterocycles. The van der Waals surface area contributed by atoms with Crippen LogP contribution in [0.15, 0.2) is 42.5 Å². The van der Waals surface area contributed by atoms with E-state index in [0.29, 0.717) is 6.07 Å². The molecule has 12 nitrogen and oxygen atoms in total. The largest absolute Gasteiger partial charge is 0.481 e. The molecule has 2 unspecified atom stereocenters. The van der Waals surface area contributed by atoms with Gasteiger partial charge in [0.05, 0.1) is 30.4 Å². The fourth-order valence-electron chi connectivity index (χ4n) is 5.90. The highest BCUT2D eigenvalue weighted by Gasteiger charge is 2.38. The number of nitrogens with one attached hydrogen (secondary N) is 3. The van der Waals surface area contributed by atoms with Gasteiger partial charge >= 0.3 is 11.9 Å². The SMILES string of the molecule is CC(C)C(=O)c1cccc(C(=O)N[C@@H](Cc2cc(F)cc(F)c2)[C@H](O)CC(=O)N[C@H](C(=O)NC2CC(C(=O)O)CC(C(=O)O)C2)C(C)C)c1. The van der Waals surface area contributed by atoms with E-state index in [1.54, 1.807) is 33.8 Å². The second-order valence-electron chi connectivity index (χ2n) is 13.2. The maximum atomic E-state index is 14.0. The van der Waals surface area contributed by atoms with Crippen molar-refractivity contribution in [3.63, 3.8) is 0 Å². The quantitative estimate of drug-likeness (QED) is 0.152. The second-order valence-corrected chi connectivity index (χ2v) is 13.2. The van der Waals surface area contributed by atoms with Crippen LogP contribution in [0.4, 0.5) is 8.78 Å². The number of carbonyl (C=O) groups excluding carboxylic acids is 4. The number of Topliss-reactive ketones (excluding diaryl/α,β-unsaturated/α-hetero) is 1. The summed E-state index contributed by atoms with van der Waals surface area (Å²) in [6, 6.07) is 5.41. The number of halogens is 2. The van der Waals surface area contributed by atoms with Crippen molar-refractivity contribution in [3.8, 4) is 0 Å². The maximum Gasteiger partial charge on any atom is 0.306 e. The molecule has 1 aliphatic carbocycles. The zero-order valence-electron chi connectivity index (χ0n) is 27.7. The van der Waals surface area contributed by atoms with Gasteiger partial charge in [-0.2, -0.15) is 0 Å². The first-order valence-corrected chi connectivity index (χ1v) is 16.1. The summed E-state index contributed by atoms with van der Waals surface area (Å²) in [5.74, 6) is -9.28. The van der Waals surface area contributed by atoms with E-state index in [2.05, 4.69) is 16.0 Å². The third-order valence-electron chi connectivity index (χ3n) is 8.50. The Morgan fingerprint density at radius 1 is 0.816 bits per heavy atom. The van der Waals surface area contributed by atoms with Crippen LogP contribution in [0.1, 0.15) is 79.7 Å². The first-order chi connectivity index (χ1) is 22.9. The molecule has 0 aromatic heterocycles. The zero-order chi connectivity index (χ0) is 36.6. The highest BCUT2D eigenvalue weighted by Crippen LogP contribution is 2.30. The number of rotatable bonds is 15. The average Bonchev–Trinajstić information content (AvgIpc) is 3.01. The highest BCUT2D eigenvalue weighted by atomic mass is 19.1. The van der Waals surface area contributed by atoms with Gasteiger partial charge in [-0.3, -0.25) is 28.8 Å². The third kappa shape index (κ3) is 11.2. The van der Waals surface area contributed by atoms with Crippen molar-refractivity contribution in [2.45, 2.75) is 84.0 Å². The van der Waals surface area contributed by atoms with Crippen molar-refractivity contribution in [2.75, 3.05) is 0 Å². The maximum absolute atomic E-state index is 14.0. The van der Waals surface area contributed by atoms with Gasteiger partial charge in [-0.1, -0.05) is 39.8 Å². The van der Waals surface area contributed by atoms with E-state index in [-0.39, 0.29) is 54.1 Å². The summed E-state index contributed by atoms with van der Waals surface area (Å²) in [7, 11) is 0. The summed E-state index contributed by atoms with van der Waals surface area (Å²) in [4.78, 5) is 75.4. The first-order valence-electron chi connectivity index (χ1n) is 16.1. The molecular formula is C35H43F2N3O9. The lowest BCUT2D eigenvalue weighted by atomic mass is 9.78. The fraction of sp³-hybridized carbons (Fsp3) is 0.486. The molecule has 49 heavy (non-hydrogen) atoms. The molecule has 2 aromatic rings. The van der Waals surface area contributed by atoms with Crippen LogP contribution in [0, 0.1) is 35.3 Å². The number of ketones is 1. The van der Waals surface area contributed by atoms with E-state index in [9.17, 15) is 52.9 Å². The number of aliphatic carboxylic acids is 2. The molecule has 5 atom stereocenters. The molecular weight excluding hydrogens is 644 g/mol. The van der Waals surface area contributed by atoms with Crippen LogP contribution in [0.5, 0.6) is 0 Å². The van der Waals surface area contributed by atoms with Crippen molar-refractivity contribution in [1.82, 2.24) is 16.0 Å². The van der Waals surface area contributed by atoms with Gasteiger partial charge in [0, 0.05) is 29.2 Å². The molecule has 3 rings (SSSR count). The molecule has 0 saturated heterocycles. The number of aliphatic hydroxyl groups excluding tert-OH is 1. The molecule has 266 valence electrons. The van der Waals surface area contributed by atoms with Gasteiger partial charge in [-0.05, 0) is 61.4 Å². The number of hydrogen-bond donors (Lipinski definition) is 6. The van der Waals surface area contributed by atoms with E-state index in [1.165, 1.54) is 18.2 Å². The molecule has 3 amide bonds. The molecule has 0 aliphatic heterocycles. The molecule has 0 spiro atoms. The third-order valence-corrected chi connectivity index (χ3v) is 8.50. The van der Waals surface area contributed by atoms with Gasteiger partial charge in [0.25, 0.3) is 5.91 Å². The number of carbonyl (C=O) groups is 6. The van der Waals surface area contributed by atoms with E-state index < -0.39 is 89.7 Å². The summed E-state index contributed by atoms with van der Waals surface area (Å²) in [5, 5.41) is 37.9. The van der Waals surface area contributed by atoms with E-state index in [4.69, 9.17) is 0 Å². The van der Waals surface area contributed by atoms with Crippen LogP contribution in [0.3, 0.4) is 0 Å². The molecule has 14 heteroatoms. The second kappa shape index (κ2) is 17.1. The van der Waals surface area contributed by atoms with Gasteiger partial charge in [0.1, 0.15) is 17.7 Å². The molecule has 2 aromatic carbocycles. The number of hydrogen-bond acceptors (Lipinski definition) is 7. The zero-order valence-corrected chi connectivity index (χ0v) is 27.7. The number of carboxylic acids is 2. The van der Waals surface area contributed by atoms with Crippen molar-refractivity contribution < 1.29 is 52.9 Å². The van der Waals surface area contributed by atoms with Crippen molar-refractivity contribution >= 4 is 35.4 Å². The molecule has 1 aliphatic rings. The lowest BCUT2D eigenvalue weighted by Gasteiger charge is -2.33. The van der Waals surface area contributed by atoms with Crippen LogP contribution in [-0.4, -0.2) is 75.0 Å². The van der Waals surface area contributed by atoms with Crippen molar-refractivity contribution in [1.29, 1.82) is 0 Å². The lowest BCUT2D eigenvalue weighted by Crippen LogP contribution is -2.55.